The highest BCUT2D eigenvalue weighted by atomic mass is 32.2. The maximum atomic E-state index is 12.6. The molecule has 0 atom stereocenters. The van der Waals surface area contributed by atoms with Gasteiger partial charge >= 0.3 is 0 Å². The van der Waals surface area contributed by atoms with E-state index in [1.165, 1.54) is 35.1 Å². The van der Waals surface area contributed by atoms with Gasteiger partial charge in [0.1, 0.15) is 5.03 Å². The van der Waals surface area contributed by atoms with Crippen molar-refractivity contribution in [1.82, 2.24) is 14.2 Å². The number of carbonyl (C=O) groups excluding carboxylic acids is 1. The number of thioether (sulfide) groups is 2. The SMILES string of the molecule is CSc1nsc(SC)c1C(=O)Nc1cnn(Cc2ccccc2)c1. The van der Waals surface area contributed by atoms with Gasteiger partial charge in [0.2, 0.25) is 0 Å². The first-order valence-corrected chi connectivity index (χ1v) is 10.4. The summed E-state index contributed by atoms with van der Waals surface area (Å²) < 4.78 is 7.06. The van der Waals surface area contributed by atoms with E-state index in [2.05, 4.69) is 14.8 Å². The number of aromatic nitrogens is 3. The lowest BCUT2D eigenvalue weighted by molar-refractivity contribution is 0.102. The van der Waals surface area contributed by atoms with Crippen LogP contribution in [-0.2, 0) is 6.54 Å². The van der Waals surface area contributed by atoms with E-state index in [-0.39, 0.29) is 5.91 Å². The summed E-state index contributed by atoms with van der Waals surface area (Å²) in [6, 6.07) is 10.1. The fraction of sp³-hybridized carbons (Fsp3) is 0.188. The first-order chi connectivity index (χ1) is 11.7. The summed E-state index contributed by atoms with van der Waals surface area (Å²) in [5.41, 5.74) is 2.49. The van der Waals surface area contributed by atoms with Crippen LogP contribution in [-0.4, -0.2) is 32.6 Å². The van der Waals surface area contributed by atoms with Gasteiger partial charge in [0.05, 0.1) is 28.2 Å². The number of hydrogen-bond acceptors (Lipinski definition) is 6. The quantitative estimate of drug-likeness (QED) is 0.657. The van der Waals surface area contributed by atoms with Crippen LogP contribution in [0.4, 0.5) is 5.69 Å². The van der Waals surface area contributed by atoms with Crippen LogP contribution in [0.1, 0.15) is 15.9 Å². The second-order valence-corrected chi connectivity index (χ2v) is 7.57. The molecule has 1 amide bonds. The molecule has 124 valence electrons. The Hall–Kier alpha value is -1.77. The molecule has 3 rings (SSSR count). The number of anilines is 1. The van der Waals surface area contributed by atoms with Gasteiger partial charge in [-0.2, -0.15) is 9.47 Å². The molecule has 8 heteroatoms. The largest absolute Gasteiger partial charge is 0.319 e. The average Bonchev–Trinajstić information content (AvgIpc) is 3.21. The van der Waals surface area contributed by atoms with Crippen molar-refractivity contribution < 1.29 is 4.79 Å². The van der Waals surface area contributed by atoms with E-state index in [9.17, 15) is 4.79 Å². The molecule has 24 heavy (non-hydrogen) atoms. The highest BCUT2D eigenvalue weighted by Gasteiger charge is 2.20. The van der Waals surface area contributed by atoms with E-state index < -0.39 is 0 Å². The van der Waals surface area contributed by atoms with Gasteiger partial charge in [-0.1, -0.05) is 30.3 Å². The number of nitrogens with zero attached hydrogens (tertiary/aromatic N) is 3. The molecular formula is C16H16N4OS3. The minimum Gasteiger partial charge on any atom is -0.319 e. The van der Waals surface area contributed by atoms with Gasteiger partial charge in [0.25, 0.3) is 5.91 Å². The molecule has 0 spiro atoms. The molecular weight excluding hydrogens is 360 g/mol. The zero-order valence-corrected chi connectivity index (χ0v) is 15.7. The number of benzene rings is 1. The Morgan fingerprint density at radius 3 is 2.75 bits per heavy atom. The Labute approximate surface area is 153 Å². The summed E-state index contributed by atoms with van der Waals surface area (Å²) in [4.78, 5) is 12.6. The second-order valence-electron chi connectivity index (χ2n) is 4.92. The van der Waals surface area contributed by atoms with Crippen LogP contribution in [0.5, 0.6) is 0 Å². The molecule has 0 saturated carbocycles. The third-order valence-corrected chi connectivity index (χ3v) is 6.05. The van der Waals surface area contributed by atoms with Gasteiger partial charge in [-0.15, -0.1) is 23.5 Å². The zero-order valence-electron chi connectivity index (χ0n) is 13.2. The number of hydrogen-bond donors (Lipinski definition) is 1. The summed E-state index contributed by atoms with van der Waals surface area (Å²) in [6.45, 7) is 0.669. The minimum atomic E-state index is -0.142. The van der Waals surface area contributed by atoms with Gasteiger partial charge in [0, 0.05) is 6.20 Å². The van der Waals surface area contributed by atoms with Crippen LogP contribution in [0.15, 0.2) is 52.0 Å². The molecule has 0 radical (unpaired) electrons. The van der Waals surface area contributed by atoms with E-state index in [1.807, 2.05) is 53.7 Å². The number of rotatable bonds is 6. The van der Waals surface area contributed by atoms with Gasteiger partial charge in [-0.25, -0.2) is 0 Å². The van der Waals surface area contributed by atoms with E-state index in [4.69, 9.17) is 0 Å². The molecule has 5 nitrogen and oxygen atoms in total. The van der Waals surface area contributed by atoms with Gasteiger partial charge in [-0.05, 0) is 29.6 Å². The fourth-order valence-electron chi connectivity index (χ4n) is 2.21. The maximum absolute atomic E-state index is 12.6. The van der Waals surface area contributed by atoms with E-state index >= 15 is 0 Å². The topological polar surface area (TPSA) is 59.8 Å². The normalized spacial score (nSPS) is 10.8. The average molecular weight is 377 g/mol. The van der Waals surface area contributed by atoms with E-state index in [0.717, 1.165) is 14.8 Å². The highest BCUT2D eigenvalue weighted by molar-refractivity contribution is 8.01. The molecule has 0 aliphatic carbocycles. The van der Waals surface area contributed by atoms with Crippen LogP contribution >= 0.6 is 35.1 Å². The fourth-order valence-corrected chi connectivity index (χ4v) is 4.49. The first kappa shape index (κ1) is 17.1. The Balaban J connectivity index is 1.73. The molecule has 0 saturated heterocycles. The summed E-state index contributed by atoms with van der Waals surface area (Å²) in [5.74, 6) is -0.142. The summed E-state index contributed by atoms with van der Waals surface area (Å²) in [5, 5.41) is 7.99. The lowest BCUT2D eigenvalue weighted by Crippen LogP contribution is -2.12. The molecule has 0 unspecified atom stereocenters. The molecule has 0 aliphatic rings. The van der Waals surface area contributed by atoms with Crippen molar-refractivity contribution in [2.45, 2.75) is 15.8 Å². The van der Waals surface area contributed by atoms with Crippen molar-refractivity contribution in [3.63, 3.8) is 0 Å². The predicted octanol–water partition coefficient (Wildman–Crippen LogP) is 4.08. The number of amides is 1. The standard InChI is InChI=1S/C16H16N4OS3/c1-22-15-13(16(23-2)24-19-15)14(21)18-12-8-17-20(10-12)9-11-6-4-3-5-7-11/h3-8,10H,9H2,1-2H3,(H,18,21). The smallest absolute Gasteiger partial charge is 0.260 e. The monoisotopic (exact) mass is 376 g/mol. The number of nitrogens with one attached hydrogen (secondary N) is 1. The molecule has 2 aromatic heterocycles. The predicted molar refractivity (Wildman–Crippen MR) is 101 cm³/mol. The van der Waals surface area contributed by atoms with E-state index in [1.54, 1.807) is 6.20 Å². The zero-order chi connectivity index (χ0) is 16.9. The van der Waals surface area contributed by atoms with Crippen LogP contribution in [0.3, 0.4) is 0 Å². The summed E-state index contributed by atoms with van der Waals surface area (Å²) in [7, 11) is 0. The van der Waals surface area contributed by atoms with Crippen LogP contribution < -0.4 is 5.32 Å². The minimum absolute atomic E-state index is 0.142. The van der Waals surface area contributed by atoms with Crippen LogP contribution in [0.25, 0.3) is 0 Å². The van der Waals surface area contributed by atoms with Crippen molar-refractivity contribution >= 4 is 46.7 Å². The molecule has 1 aromatic carbocycles. The second kappa shape index (κ2) is 7.87. The Bertz CT molecular complexity index is 807. The molecule has 1 N–H and O–H groups in total. The van der Waals surface area contributed by atoms with Crippen molar-refractivity contribution in [2.24, 2.45) is 0 Å². The Morgan fingerprint density at radius 1 is 1.25 bits per heavy atom. The van der Waals surface area contributed by atoms with Gasteiger partial charge in [-0.3, -0.25) is 9.48 Å². The lowest BCUT2D eigenvalue weighted by atomic mass is 10.2. The first-order valence-electron chi connectivity index (χ1n) is 7.16. The van der Waals surface area contributed by atoms with Crippen molar-refractivity contribution in [3.8, 4) is 0 Å². The third kappa shape index (κ3) is 3.82. The van der Waals surface area contributed by atoms with Crippen molar-refractivity contribution in [1.29, 1.82) is 0 Å². The highest BCUT2D eigenvalue weighted by Crippen LogP contribution is 2.33. The van der Waals surface area contributed by atoms with Crippen molar-refractivity contribution in [2.75, 3.05) is 17.8 Å². The van der Waals surface area contributed by atoms with E-state index in [0.29, 0.717) is 17.8 Å². The molecule has 0 aliphatic heterocycles. The van der Waals surface area contributed by atoms with Crippen LogP contribution in [0, 0.1) is 0 Å². The molecule has 3 aromatic rings. The van der Waals surface area contributed by atoms with Gasteiger partial charge < -0.3 is 5.32 Å². The van der Waals surface area contributed by atoms with Gasteiger partial charge in [0.15, 0.2) is 0 Å². The molecule has 0 fully saturated rings. The maximum Gasteiger partial charge on any atom is 0.260 e. The summed E-state index contributed by atoms with van der Waals surface area (Å²) >= 11 is 4.38. The third-order valence-electron chi connectivity index (χ3n) is 3.31. The summed E-state index contributed by atoms with van der Waals surface area (Å²) in [6.07, 6.45) is 7.38. The Morgan fingerprint density at radius 2 is 2.04 bits per heavy atom. The number of carbonyl (C=O) groups is 1. The Kier molecular flexibility index (Phi) is 5.60. The molecule has 2 heterocycles. The van der Waals surface area contributed by atoms with Crippen molar-refractivity contribution in [3.05, 3.63) is 53.9 Å². The lowest BCUT2D eigenvalue weighted by Gasteiger charge is -2.04. The molecule has 0 bridgehead atoms. The van der Waals surface area contributed by atoms with Crippen LogP contribution in [0.2, 0.25) is 0 Å².